The predicted octanol–water partition coefficient (Wildman–Crippen LogP) is -0.294. The van der Waals surface area contributed by atoms with Gasteiger partial charge in [0.05, 0.1) is 11.3 Å². The standard InChI is InChI=1S/C7H8N2O5S/c8-15(13,14)9-5-3-4(7(11)12)1-2-6(5)10/h1-3,9-10H,(H,11,12)(H2,8,13,14). The molecule has 0 aliphatic carbocycles. The van der Waals surface area contributed by atoms with E-state index in [1.54, 1.807) is 4.72 Å². The number of rotatable bonds is 3. The van der Waals surface area contributed by atoms with E-state index in [-0.39, 0.29) is 11.3 Å². The highest BCUT2D eigenvalue weighted by Gasteiger charge is 2.10. The molecule has 0 bridgehead atoms. The number of aromatic carboxylic acids is 1. The molecule has 0 amide bonds. The molecule has 0 atom stereocenters. The first-order valence-electron chi connectivity index (χ1n) is 3.66. The van der Waals surface area contributed by atoms with Gasteiger partial charge in [0.1, 0.15) is 5.75 Å². The highest BCUT2D eigenvalue weighted by molar-refractivity contribution is 7.90. The zero-order chi connectivity index (χ0) is 11.6. The van der Waals surface area contributed by atoms with Crippen molar-refractivity contribution in [3.8, 4) is 5.75 Å². The molecule has 0 fully saturated rings. The molecule has 0 aliphatic heterocycles. The number of nitrogens with two attached hydrogens (primary N) is 1. The Bertz CT molecular complexity index is 496. The molecule has 0 saturated carbocycles. The number of anilines is 1. The number of hydrogen-bond acceptors (Lipinski definition) is 4. The average molecular weight is 232 g/mol. The van der Waals surface area contributed by atoms with Crippen LogP contribution in [0.1, 0.15) is 10.4 Å². The molecular weight excluding hydrogens is 224 g/mol. The second-order valence-corrected chi connectivity index (χ2v) is 3.98. The van der Waals surface area contributed by atoms with Gasteiger partial charge >= 0.3 is 5.97 Å². The van der Waals surface area contributed by atoms with Crippen LogP contribution >= 0.6 is 0 Å². The average Bonchev–Trinajstić information content (AvgIpc) is 2.06. The van der Waals surface area contributed by atoms with Gasteiger partial charge < -0.3 is 10.2 Å². The van der Waals surface area contributed by atoms with Crippen molar-refractivity contribution in [2.24, 2.45) is 5.14 Å². The van der Waals surface area contributed by atoms with Crippen LogP contribution in [0.2, 0.25) is 0 Å². The van der Waals surface area contributed by atoms with E-state index in [1.165, 1.54) is 0 Å². The maximum Gasteiger partial charge on any atom is 0.335 e. The van der Waals surface area contributed by atoms with Gasteiger partial charge in [-0.15, -0.1) is 0 Å². The molecule has 0 radical (unpaired) electrons. The summed E-state index contributed by atoms with van der Waals surface area (Å²) < 4.78 is 23.1. The third kappa shape index (κ3) is 3.11. The molecule has 82 valence electrons. The van der Waals surface area contributed by atoms with Crippen LogP contribution in [-0.2, 0) is 10.2 Å². The lowest BCUT2D eigenvalue weighted by Crippen LogP contribution is -2.21. The van der Waals surface area contributed by atoms with Gasteiger partial charge in [0.25, 0.3) is 10.2 Å². The Morgan fingerprint density at radius 2 is 2.00 bits per heavy atom. The van der Waals surface area contributed by atoms with Crippen molar-refractivity contribution < 1.29 is 23.4 Å². The van der Waals surface area contributed by atoms with Crippen molar-refractivity contribution >= 4 is 21.9 Å². The van der Waals surface area contributed by atoms with Gasteiger partial charge in [-0.3, -0.25) is 4.72 Å². The van der Waals surface area contributed by atoms with Gasteiger partial charge in [0, 0.05) is 0 Å². The van der Waals surface area contributed by atoms with Crippen LogP contribution in [0.3, 0.4) is 0 Å². The zero-order valence-electron chi connectivity index (χ0n) is 7.34. The summed E-state index contributed by atoms with van der Waals surface area (Å²) in [6, 6.07) is 3.14. The Morgan fingerprint density at radius 1 is 1.40 bits per heavy atom. The molecule has 1 aromatic rings. The van der Waals surface area contributed by atoms with Crippen molar-refractivity contribution in [1.82, 2.24) is 0 Å². The lowest BCUT2D eigenvalue weighted by molar-refractivity contribution is 0.0697. The summed E-state index contributed by atoms with van der Waals surface area (Å²) in [6.07, 6.45) is 0. The zero-order valence-corrected chi connectivity index (χ0v) is 8.15. The van der Waals surface area contributed by atoms with Crippen molar-refractivity contribution in [1.29, 1.82) is 0 Å². The van der Waals surface area contributed by atoms with Crippen molar-refractivity contribution in [2.75, 3.05) is 4.72 Å². The first kappa shape index (κ1) is 11.3. The van der Waals surface area contributed by atoms with Crippen LogP contribution < -0.4 is 9.86 Å². The summed E-state index contributed by atoms with van der Waals surface area (Å²) in [5.41, 5.74) is -0.448. The summed E-state index contributed by atoms with van der Waals surface area (Å²) in [5, 5.41) is 22.5. The molecule has 0 heterocycles. The van der Waals surface area contributed by atoms with Crippen LogP contribution in [-0.4, -0.2) is 24.6 Å². The van der Waals surface area contributed by atoms with Crippen molar-refractivity contribution in [2.45, 2.75) is 0 Å². The smallest absolute Gasteiger partial charge is 0.335 e. The normalized spacial score (nSPS) is 11.0. The first-order valence-corrected chi connectivity index (χ1v) is 5.21. The van der Waals surface area contributed by atoms with Gasteiger partial charge in [0.15, 0.2) is 0 Å². The Balaban J connectivity index is 3.17. The van der Waals surface area contributed by atoms with Gasteiger partial charge in [-0.2, -0.15) is 8.42 Å². The lowest BCUT2D eigenvalue weighted by atomic mass is 10.2. The van der Waals surface area contributed by atoms with Gasteiger partial charge in [-0.1, -0.05) is 0 Å². The number of carbonyl (C=O) groups is 1. The molecule has 0 saturated heterocycles. The number of carboxylic acid groups (broad SMARTS) is 1. The lowest BCUT2D eigenvalue weighted by Gasteiger charge is -2.06. The Labute approximate surface area is 85.3 Å². The third-order valence-corrected chi connectivity index (χ3v) is 2.00. The van der Waals surface area contributed by atoms with Crippen molar-refractivity contribution in [3.05, 3.63) is 23.8 Å². The first-order chi connectivity index (χ1) is 6.79. The van der Waals surface area contributed by atoms with Crippen molar-refractivity contribution in [3.63, 3.8) is 0 Å². The minimum Gasteiger partial charge on any atom is -0.506 e. The minimum absolute atomic E-state index is 0.168. The number of phenols is 1. The highest BCUT2D eigenvalue weighted by Crippen LogP contribution is 2.24. The van der Waals surface area contributed by atoms with E-state index in [0.29, 0.717) is 0 Å². The topological polar surface area (TPSA) is 130 Å². The Kier molecular flexibility index (Phi) is 2.82. The SMILES string of the molecule is NS(=O)(=O)Nc1cc(C(=O)O)ccc1O. The van der Waals surface area contributed by atoms with Crippen LogP contribution in [0.4, 0.5) is 5.69 Å². The molecule has 7 nitrogen and oxygen atoms in total. The number of nitrogens with one attached hydrogen (secondary N) is 1. The fourth-order valence-corrected chi connectivity index (χ4v) is 1.37. The van der Waals surface area contributed by atoms with E-state index in [9.17, 15) is 18.3 Å². The van der Waals surface area contributed by atoms with E-state index in [0.717, 1.165) is 18.2 Å². The predicted molar refractivity (Wildman–Crippen MR) is 51.8 cm³/mol. The second-order valence-electron chi connectivity index (χ2n) is 2.68. The fourth-order valence-electron chi connectivity index (χ4n) is 0.904. The molecule has 0 unspecified atom stereocenters. The van der Waals surface area contributed by atoms with Gasteiger partial charge in [-0.05, 0) is 18.2 Å². The monoisotopic (exact) mass is 232 g/mol. The maximum absolute atomic E-state index is 10.6. The van der Waals surface area contributed by atoms with E-state index in [1.807, 2.05) is 0 Å². The van der Waals surface area contributed by atoms with Crippen LogP contribution in [0.25, 0.3) is 0 Å². The number of benzene rings is 1. The molecular formula is C7H8N2O5S. The summed E-state index contributed by atoms with van der Waals surface area (Å²) >= 11 is 0. The summed E-state index contributed by atoms with van der Waals surface area (Å²) in [7, 11) is -4.05. The Morgan fingerprint density at radius 3 is 2.47 bits per heavy atom. The molecule has 8 heteroatoms. The quantitative estimate of drug-likeness (QED) is 0.532. The third-order valence-electron chi connectivity index (χ3n) is 1.50. The molecule has 15 heavy (non-hydrogen) atoms. The van der Waals surface area contributed by atoms with Crippen LogP contribution in [0.5, 0.6) is 5.75 Å². The second kappa shape index (κ2) is 3.75. The molecule has 0 aliphatic rings. The molecule has 1 aromatic carbocycles. The van der Waals surface area contributed by atoms with Crippen LogP contribution in [0.15, 0.2) is 18.2 Å². The molecule has 0 aromatic heterocycles. The Hall–Kier alpha value is -1.80. The highest BCUT2D eigenvalue weighted by atomic mass is 32.2. The molecule has 5 N–H and O–H groups in total. The summed E-state index contributed by atoms with van der Waals surface area (Å²) in [6.45, 7) is 0. The number of phenolic OH excluding ortho intramolecular Hbond substituents is 1. The molecule has 0 spiro atoms. The van der Waals surface area contributed by atoms with Gasteiger partial charge in [0.2, 0.25) is 0 Å². The largest absolute Gasteiger partial charge is 0.506 e. The maximum atomic E-state index is 10.6. The van der Waals surface area contributed by atoms with E-state index in [4.69, 9.17) is 5.11 Å². The number of carboxylic acids is 1. The summed E-state index contributed by atoms with van der Waals surface area (Å²) in [5.74, 6) is -1.65. The van der Waals surface area contributed by atoms with E-state index < -0.39 is 21.9 Å². The van der Waals surface area contributed by atoms with Gasteiger partial charge in [-0.25, -0.2) is 9.93 Å². The van der Waals surface area contributed by atoms with E-state index >= 15 is 0 Å². The van der Waals surface area contributed by atoms with E-state index in [2.05, 4.69) is 5.14 Å². The summed E-state index contributed by atoms with van der Waals surface area (Å²) in [4.78, 5) is 10.5. The fraction of sp³-hybridized carbons (Fsp3) is 0. The molecule has 1 rings (SSSR count). The van der Waals surface area contributed by atoms with Crippen LogP contribution in [0, 0.1) is 0 Å². The number of aromatic hydroxyl groups is 1. The number of hydrogen-bond donors (Lipinski definition) is 4. The minimum atomic E-state index is -4.05.